The number of hydrogen-bond acceptors (Lipinski definition) is 3. The molecule has 0 N–H and O–H groups in total. The van der Waals surface area contributed by atoms with Gasteiger partial charge in [0.2, 0.25) is 0 Å². The van der Waals surface area contributed by atoms with E-state index in [4.69, 9.17) is 10.00 Å². The van der Waals surface area contributed by atoms with Crippen molar-refractivity contribution in [2.75, 3.05) is 19.1 Å². The van der Waals surface area contributed by atoms with Crippen LogP contribution in [0.25, 0.3) is 0 Å². The standard InChI is InChI=1S/C16H15BrN2O/c1-19(16-6-4-3-5-12(16)10-18)11-13-9-14(20-2)7-8-15(13)17/h3-9H,11H2,1-2H3. The molecule has 0 saturated heterocycles. The van der Waals surface area contributed by atoms with Crippen LogP contribution in [0.2, 0.25) is 0 Å². The van der Waals surface area contributed by atoms with Gasteiger partial charge in [-0.1, -0.05) is 28.1 Å². The molecule has 0 aliphatic carbocycles. The Morgan fingerprint density at radius 2 is 2.00 bits per heavy atom. The van der Waals surface area contributed by atoms with E-state index in [9.17, 15) is 0 Å². The molecule has 0 aliphatic heterocycles. The summed E-state index contributed by atoms with van der Waals surface area (Å²) in [5, 5.41) is 9.16. The van der Waals surface area contributed by atoms with Gasteiger partial charge in [0.25, 0.3) is 0 Å². The molecule has 3 nitrogen and oxygen atoms in total. The lowest BCUT2D eigenvalue weighted by Gasteiger charge is -2.21. The van der Waals surface area contributed by atoms with Crippen LogP contribution in [0.4, 0.5) is 5.69 Å². The Labute approximate surface area is 127 Å². The zero-order valence-electron chi connectivity index (χ0n) is 11.4. The van der Waals surface area contributed by atoms with Crippen molar-refractivity contribution in [3.05, 3.63) is 58.1 Å². The van der Waals surface area contributed by atoms with Gasteiger partial charge in [-0.05, 0) is 35.9 Å². The predicted octanol–water partition coefficient (Wildman–Crippen LogP) is 3.97. The van der Waals surface area contributed by atoms with Gasteiger partial charge in [-0.2, -0.15) is 5.26 Å². The minimum Gasteiger partial charge on any atom is -0.497 e. The average Bonchev–Trinajstić information content (AvgIpc) is 2.49. The van der Waals surface area contributed by atoms with Crippen molar-refractivity contribution in [2.24, 2.45) is 0 Å². The van der Waals surface area contributed by atoms with Crippen molar-refractivity contribution in [2.45, 2.75) is 6.54 Å². The molecule has 0 aliphatic rings. The highest BCUT2D eigenvalue weighted by molar-refractivity contribution is 9.10. The molecule has 0 radical (unpaired) electrons. The Kier molecular flexibility index (Phi) is 4.65. The first-order valence-electron chi connectivity index (χ1n) is 6.18. The number of nitriles is 1. The van der Waals surface area contributed by atoms with Crippen molar-refractivity contribution in [1.82, 2.24) is 0 Å². The van der Waals surface area contributed by atoms with Crippen molar-refractivity contribution >= 4 is 21.6 Å². The third-order valence-electron chi connectivity index (χ3n) is 3.10. The fraction of sp³-hybridized carbons (Fsp3) is 0.188. The van der Waals surface area contributed by atoms with E-state index in [1.54, 1.807) is 7.11 Å². The maximum absolute atomic E-state index is 9.16. The molecule has 2 aromatic carbocycles. The molecule has 0 aromatic heterocycles. The Morgan fingerprint density at radius 1 is 1.25 bits per heavy atom. The fourth-order valence-electron chi connectivity index (χ4n) is 2.04. The van der Waals surface area contributed by atoms with Gasteiger partial charge >= 0.3 is 0 Å². The van der Waals surface area contributed by atoms with E-state index in [-0.39, 0.29) is 0 Å². The molecular formula is C16H15BrN2O. The second-order valence-electron chi connectivity index (χ2n) is 4.44. The van der Waals surface area contributed by atoms with E-state index in [0.29, 0.717) is 12.1 Å². The number of halogens is 1. The third-order valence-corrected chi connectivity index (χ3v) is 3.87. The third kappa shape index (κ3) is 3.12. The summed E-state index contributed by atoms with van der Waals surface area (Å²) in [6.45, 7) is 0.691. The first-order valence-corrected chi connectivity index (χ1v) is 6.97. The lowest BCUT2D eigenvalue weighted by atomic mass is 10.1. The van der Waals surface area contributed by atoms with E-state index < -0.39 is 0 Å². The van der Waals surface area contributed by atoms with E-state index in [1.807, 2.05) is 49.5 Å². The second-order valence-corrected chi connectivity index (χ2v) is 5.30. The summed E-state index contributed by atoms with van der Waals surface area (Å²) in [5.74, 6) is 0.824. The normalized spacial score (nSPS) is 9.90. The van der Waals surface area contributed by atoms with Gasteiger partial charge in [-0.3, -0.25) is 0 Å². The van der Waals surface area contributed by atoms with Crippen molar-refractivity contribution in [3.63, 3.8) is 0 Å². The SMILES string of the molecule is COc1ccc(Br)c(CN(C)c2ccccc2C#N)c1. The zero-order chi connectivity index (χ0) is 14.5. The Balaban J connectivity index is 2.28. The number of methoxy groups -OCH3 is 1. The highest BCUT2D eigenvalue weighted by atomic mass is 79.9. The summed E-state index contributed by atoms with van der Waals surface area (Å²) in [4.78, 5) is 2.05. The van der Waals surface area contributed by atoms with Crippen molar-refractivity contribution in [1.29, 1.82) is 5.26 Å². The smallest absolute Gasteiger partial charge is 0.119 e. The minimum atomic E-state index is 0.675. The maximum atomic E-state index is 9.16. The molecule has 0 bridgehead atoms. The minimum absolute atomic E-state index is 0.675. The van der Waals surface area contributed by atoms with Gasteiger partial charge in [-0.25, -0.2) is 0 Å². The van der Waals surface area contributed by atoms with Crippen molar-refractivity contribution in [3.8, 4) is 11.8 Å². The van der Waals surface area contributed by atoms with Gasteiger partial charge in [-0.15, -0.1) is 0 Å². The van der Waals surface area contributed by atoms with Gasteiger partial charge < -0.3 is 9.64 Å². The van der Waals surface area contributed by atoms with Gasteiger partial charge in [0.05, 0.1) is 18.4 Å². The molecule has 2 rings (SSSR count). The Hall–Kier alpha value is -1.99. The molecular weight excluding hydrogens is 316 g/mol. The molecule has 20 heavy (non-hydrogen) atoms. The van der Waals surface area contributed by atoms with Crippen LogP contribution < -0.4 is 9.64 Å². The first-order chi connectivity index (χ1) is 9.65. The molecule has 102 valence electrons. The summed E-state index contributed by atoms with van der Waals surface area (Å²) in [7, 11) is 3.63. The van der Waals surface area contributed by atoms with Gasteiger partial charge in [0.1, 0.15) is 11.8 Å². The van der Waals surface area contributed by atoms with Crippen LogP contribution >= 0.6 is 15.9 Å². The van der Waals surface area contributed by atoms with Crippen LogP contribution in [-0.2, 0) is 6.54 Å². The number of rotatable bonds is 4. The zero-order valence-corrected chi connectivity index (χ0v) is 13.0. The van der Waals surface area contributed by atoms with Crippen LogP contribution in [-0.4, -0.2) is 14.2 Å². The molecule has 0 fully saturated rings. The van der Waals surface area contributed by atoms with E-state index in [0.717, 1.165) is 21.5 Å². The van der Waals surface area contributed by atoms with E-state index in [2.05, 4.69) is 26.9 Å². The Bertz CT molecular complexity index is 649. The summed E-state index contributed by atoms with van der Waals surface area (Å²) in [6, 6.07) is 15.7. The quantitative estimate of drug-likeness (QED) is 0.851. The van der Waals surface area contributed by atoms with Crippen LogP contribution in [0.15, 0.2) is 46.9 Å². The van der Waals surface area contributed by atoms with E-state index in [1.165, 1.54) is 0 Å². The summed E-state index contributed by atoms with van der Waals surface area (Å²) in [6.07, 6.45) is 0. The number of ether oxygens (including phenoxy) is 1. The molecule has 0 unspecified atom stereocenters. The van der Waals surface area contributed by atoms with E-state index >= 15 is 0 Å². The van der Waals surface area contributed by atoms with Crippen LogP contribution in [0.5, 0.6) is 5.75 Å². The lowest BCUT2D eigenvalue weighted by molar-refractivity contribution is 0.414. The summed E-state index contributed by atoms with van der Waals surface area (Å²) >= 11 is 3.55. The molecule has 0 heterocycles. The van der Waals surface area contributed by atoms with Crippen LogP contribution in [0, 0.1) is 11.3 Å². The number of benzene rings is 2. The van der Waals surface area contributed by atoms with Crippen LogP contribution in [0.3, 0.4) is 0 Å². The van der Waals surface area contributed by atoms with Crippen LogP contribution in [0.1, 0.15) is 11.1 Å². The first kappa shape index (κ1) is 14.4. The largest absolute Gasteiger partial charge is 0.497 e. The Morgan fingerprint density at radius 3 is 2.70 bits per heavy atom. The van der Waals surface area contributed by atoms with Gasteiger partial charge in [0.15, 0.2) is 0 Å². The van der Waals surface area contributed by atoms with Crippen molar-refractivity contribution < 1.29 is 4.74 Å². The number of para-hydroxylation sites is 1. The van der Waals surface area contributed by atoms with Gasteiger partial charge in [0, 0.05) is 18.1 Å². The number of nitrogens with zero attached hydrogens (tertiary/aromatic N) is 2. The summed E-state index contributed by atoms with van der Waals surface area (Å²) in [5.41, 5.74) is 2.71. The number of anilines is 1. The fourth-order valence-corrected chi connectivity index (χ4v) is 2.41. The monoisotopic (exact) mass is 330 g/mol. The molecule has 0 saturated carbocycles. The predicted molar refractivity (Wildman–Crippen MR) is 84.0 cm³/mol. The topological polar surface area (TPSA) is 36.3 Å². The lowest BCUT2D eigenvalue weighted by Crippen LogP contribution is -2.17. The number of hydrogen-bond donors (Lipinski definition) is 0. The molecule has 4 heteroatoms. The molecule has 0 spiro atoms. The molecule has 0 atom stereocenters. The highest BCUT2D eigenvalue weighted by Gasteiger charge is 2.10. The molecule has 2 aromatic rings. The second kappa shape index (κ2) is 6.44. The molecule has 0 amide bonds. The average molecular weight is 331 g/mol. The summed E-state index contributed by atoms with van der Waals surface area (Å²) < 4.78 is 6.28. The maximum Gasteiger partial charge on any atom is 0.119 e. The highest BCUT2D eigenvalue weighted by Crippen LogP contribution is 2.26.